The highest BCUT2D eigenvalue weighted by atomic mass is 19.4. The average Bonchev–Trinajstić information content (AvgIpc) is 2.48. The Hall–Kier alpha value is -0.620. The Morgan fingerprint density at radius 3 is 2.53 bits per heavy atom. The van der Waals surface area contributed by atoms with Crippen LogP contribution in [0.3, 0.4) is 0 Å². The molecule has 0 spiro atoms. The number of alkyl halides is 3. The third-order valence-electron chi connectivity index (χ3n) is 2.42. The van der Waals surface area contributed by atoms with Crippen LogP contribution in [0.1, 0.15) is 19.3 Å². The predicted octanol–water partition coefficient (Wildman–Crippen LogP) is 1.26. The van der Waals surface area contributed by atoms with Crippen LogP contribution in [0.25, 0.3) is 0 Å². The van der Waals surface area contributed by atoms with Gasteiger partial charge >= 0.3 is 6.18 Å². The molecule has 1 saturated heterocycles. The van der Waals surface area contributed by atoms with Gasteiger partial charge in [-0.2, -0.15) is 13.2 Å². The van der Waals surface area contributed by atoms with E-state index in [9.17, 15) is 18.0 Å². The number of carbonyl (C=O) groups is 1. The van der Waals surface area contributed by atoms with Gasteiger partial charge in [-0.15, -0.1) is 0 Å². The fraction of sp³-hybridized carbons (Fsp3) is 0.889. The Bertz CT molecular complexity index is 230. The van der Waals surface area contributed by atoms with Crippen LogP contribution in [0, 0.1) is 5.92 Å². The van der Waals surface area contributed by atoms with Gasteiger partial charge in [-0.3, -0.25) is 4.79 Å². The first-order valence-electron chi connectivity index (χ1n) is 4.83. The van der Waals surface area contributed by atoms with Crippen molar-refractivity contribution in [2.45, 2.75) is 31.5 Å². The lowest BCUT2D eigenvalue weighted by molar-refractivity contribution is -0.137. The van der Waals surface area contributed by atoms with Crippen molar-refractivity contribution in [3.05, 3.63) is 0 Å². The number of halogens is 3. The van der Waals surface area contributed by atoms with Gasteiger partial charge in [0.1, 0.15) is 5.78 Å². The van der Waals surface area contributed by atoms with Crippen LogP contribution in [0.5, 0.6) is 0 Å². The number of ketones is 1. The Morgan fingerprint density at radius 1 is 1.40 bits per heavy atom. The molecule has 6 heteroatoms. The third-order valence-corrected chi connectivity index (χ3v) is 2.42. The number of hydrogen-bond acceptors (Lipinski definition) is 3. The van der Waals surface area contributed by atoms with E-state index in [4.69, 9.17) is 10.5 Å². The van der Waals surface area contributed by atoms with E-state index < -0.39 is 18.5 Å². The molecule has 0 aromatic rings. The van der Waals surface area contributed by atoms with Gasteiger partial charge in [0.25, 0.3) is 0 Å². The van der Waals surface area contributed by atoms with Crippen molar-refractivity contribution in [3.63, 3.8) is 0 Å². The standard InChI is InChI=1S/C9H14F3NO2/c10-9(11,12)3-1-2-8(14)6-4-15-5-7(6)13/h6-7H,1-5,13H2. The number of ether oxygens (including phenoxy) is 1. The van der Waals surface area contributed by atoms with E-state index in [2.05, 4.69) is 0 Å². The minimum atomic E-state index is -4.19. The topological polar surface area (TPSA) is 52.3 Å². The zero-order chi connectivity index (χ0) is 11.5. The minimum absolute atomic E-state index is 0.0682. The Labute approximate surface area is 85.8 Å². The SMILES string of the molecule is NC1COCC1C(=O)CCCC(F)(F)F. The molecule has 1 aliphatic rings. The van der Waals surface area contributed by atoms with Crippen molar-refractivity contribution in [2.75, 3.05) is 13.2 Å². The van der Waals surface area contributed by atoms with Crippen molar-refractivity contribution in [3.8, 4) is 0 Å². The van der Waals surface area contributed by atoms with E-state index in [1.807, 2.05) is 0 Å². The summed E-state index contributed by atoms with van der Waals surface area (Å²) >= 11 is 0. The van der Waals surface area contributed by atoms with Crippen LogP contribution in [0.2, 0.25) is 0 Å². The summed E-state index contributed by atoms with van der Waals surface area (Å²) in [6.45, 7) is 0.557. The van der Waals surface area contributed by atoms with Crippen LogP contribution in [-0.4, -0.2) is 31.2 Å². The second-order valence-corrected chi connectivity index (χ2v) is 3.74. The van der Waals surface area contributed by atoms with Gasteiger partial charge in [0, 0.05) is 18.9 Å². The first-order valence-corrected chi connectivity index (χ1v) is 4.83. The smallest absolute Gasteiger partial charge is 0.379 e. The van der Waals surface area contributed by atoms with E-state index >= 15 is 0 Å². The third kappa shape index (κ3) is 4.17. The molecule has 0 aliphatic carbocycles. The van der Waals surface area contributed by atoms with Crippen LogP contribution in [0.4, 0.5) is 13.2 Å². The number of carbonyl (C=O) groups excluding carboxylic acids is 1. The van der Waals surface area contributed by atoms with Gasteiger partial charge in [-0.05, 0) is 6.42 Å². The summed E-state index contributed by atoms with van der Waals surface area (Å²) in [5.41, 5.74) is 5.57. The van der Waals surface area contributed by atoms with Gasteiger partial charge in [0.2, 0.25) is 0 Å². The maximum Gasteiger partial charge on any atom is 0.389 e. The minimum Gasteiger partial charge on any atom is -0.379 e. The molecule has 88 valence electrons. The molecule has 1 rings (SSSR count). The molecular formula is C9H14F3NO2. The molecule has 1 heterocycles. The van der Waals surface area contributed by atoms with E-state index in [1.165, 1.54) is 0 Å². The predicted molar refractivity (Wildman–Crippen MR) is 47.2 cm³/mol. The normalized spacial score (nSPS) is 26.9. The van der Waals surface area contributed by atoms with E-state index in [0.29, 0.717) is 6.61 Å². The average molecular weight is 225 g/mol. The van der Waals surface area contributed by atoms with Crippen LogP contribution < -0.4 is 5.73 Å². The first-order chi connectivity index (χ1) is 6.90. The summed E-state index contributed by atoms with van der Waals surface area (Å²) in [5.74, 6) is -0.637. The molecule has 1 fully saturated rings. The quantitative estimate of drug-likeness (QED) is 0.783. The molecule has 0 radical (unpaired) electrons. The Balaban J connectivity index is 2.24. The van der Waals surface area contributed by atoms with E-state index in [0.717, 1.165) is 0 Å². The fourth-order valence-electron chi connectivity index (χ4n) is 1.55. The molecular weight excluding hydrogens is 211 g/mol. The Morgan fingerprint density at radius 2 is 2.07 bits per heavy atom. The largest absolute Gasteiger partial charge is 0.389 e. The summed E-state index contributed by atoms with van der Waals surface area (Å²) in [4.78, 5) is 11.4. The van der Waals surface area contributed by atoms with Gasteiger partial charge in [0.05, 0.1) is 19.1 Å². The maximum absolute atomic E-state index is 11.8. The van der Waals surface area contributed by atoms with Gasteiger partial charge < -0.3 is 10.5 Å². The maximum atomic E-state index is 11.8. The van der Waals surface area contributed by atoms with Crippen LogP contribution in [0.15, 0.2) is 0 Å². The fourth-order valence-corrected chi connectivity index (χ4v) is 1.55. The molecule has 0 saturated carbocycles. The highest BCUT2D eigenvalue weighted by Gasteiger charge is 2.32. The molecule has 0 aromatic carbocycles. The van der Waals surface area contributed by atoms with Crippen LogP contribution in [-0.2, 0) is 9.53 Å². The van der Waals surface area contributed by atoms with E-state index in [-0.39, 0.29) is 31.3 Å². The highest BCUT2D eigenvalue weighted by molar-refractivity contribution is 5.82. The van der Waals surface area contributed by atoms with E-state index in [1.54, 1.807) is 0 Å². The van der Waals surface area contributed by atoms with Gasteiger partial charge in [0.15, 0.2) is 0 Å². The Kier molecular flexibility index (Phi) is 4.10. The summed E-state index contributed by atoms with van der Waals surface area (Å²) in [7, 11) is 0. The van der Waals surface area contributed by atoms with Crippen molar-refractivity contribution in [2.24, 2.45) is 11.7 Å². The lowest BCUT2D eigenvalue weighted by atomic mass is 9.95. The molecule has 3 nitrogen and oxygen atoms in total. The summed E-state index contributed by atoms with van der Waals surface area (Å²) in [6.07, 6.45) is -5.33. The zero-order valence-electron chi connectivity index (χ0n) is 8.22. The lowest BCUT2D eigenvalue weighted by Gasteiger charge is -2.12. The molecule has 0 bridgehead atoms. The first kappa shape index (κ1) is 12.4. The van der Waals surface area contributed by atoms with Crippen molar-refractivity contribution >= 4 is 5.78 Å². The number of hydrogen-bond donors (Lipinski definition) is 1. The monoisotopic (exact) mass is 225 g/mol. The number of rotatable bonds is 4. The van der Waals surface area contributed by atoms with Crippen molar-refractivity contribution < 1.29 is 22.7 Å². The van der Waals surface area contributed by atoms with Crippen molar-refractivity contribution in [1.29, 1.82) is 0 Å². The molecule has 15 heavy (non-hydrogen) atoms. The molecule has 2 unspecified atom stereocenters. The van der Waals surface area contributed by atoms with Crippen LogP contribution >= 0.6 is 0 Å². The summed E-state index contributed by atoms with van der Waals surface area (Å²) in [5, 5.41) is 0. The van der Waals surface area contributed by atoms with Crippen molar-refractivity contribution in [1.82, 2.24) is 0 Å². The molecule has 0 aromatic heterocycles. The van der Waals surface area contributed by atoms with Gasteiger partial charge in [-0.25, -0.2) is 0 Å². The molecule has 1 aliphatic heterocycles. The van der Waals surface area contributed by atoms with Gasteiger partial charge in [-0.1, -0.05) is 0 Å². The zero-order valence-corrected chi connectivity index (χ0v) is 8.22. The summed E-state index contributed by atoms with van der Waals surface area (Å²) in [6, 6.07) is -0.358. The second-order valence-electron chi connectivity index (χ2n) is 3.74. The number of nitrogens with two attached hydrogens (primary N) is 1. The second kappa shape index (κ2) is 4.94. The molecule has 0 amide bonds. The molecule has 2 N–H and O–H groups in total. The summed E-state index contributed by atoms with van der Waals surface area (Å²) < 4.78 is 40.4. The molecule has 2 atom stereocenters. The highest BCUT2D eigenvalue weighted by Crippen LogP contribution is 2.23. The number of Topliss-reactive ketones (excluding diaryl/α,β-unsaturated/α-hetero) is 1. The lowest BCUT2D eigenvalue weighted by Crippen LogP contribution is -2.34.